The smallest absolute Gasteiger partial charge is 0.337 e. The van der Waals surface area contributed by atoms with Crippen molar-refractivity contribution < 1.29 is 14.6 Å². The molecule has 0 spiro atoms. The second kappa shape index (κ2) is 13.1. The first-order valence-electron chi connectivity index (χ1n) is 17.1. The number of ether oxygens (including phenoxy) is 1. The lowest BCUT2D eigenvalue weighted by Gasteiger charge is -2.68. The van der Waals surface area contributed by atoms with Crippen molar-refractivity contribution in [3.05, 3.63) is 66.3 Å². The molecule has 4 saturated carbocycles. The Bertz CT molecular complexity index is 1190. The quantitative estimate of drug-likeness (QED) is 0.282. The number of carbonyl (C=O) groups excluding carboxylic acids is 1. The Kier molecular flexibility index (Phi) is 10.3. The SMILES string of the molecule is C=CC.CC=CC12CCCC1C1CCC3C(C)(CCC4C(C)(C)C(c5ccc(C(=O)OC)cc5)=CCC43C)C1CC2.CO. The van der Waals surface area contributed by atoms with Gasteiger partial charge in [-0.05, 0) is 146 Å². The zero-order chi connectivity index (χ0) is 31.6. The molecule has 0 bridgehead atoms. The Balaban J connectivity index is 0.000000798. The maximum atomic E-state index is 12.0. The van der Waals surface area contributed by atoms with Crippen LogP contribution in [-0.4, -0.2) is 25.3 Å². The van der Waals surface area contributed by atoms with Crippen LogP contribution >= 0.6 is 0 Å². The molecule has 1 N–H and O–H groups in total. The molecule has 0 aromatic heterocycles. The maximum absolute atomic E-state index is 12.0. The van der Waals surface area contributed by atoms with E-state index in [0.29, 0.717) is 27.7 Å². The topological polar surface area (TPSA) is 46.5 Å². The first-order chi connectivity index (χ1) is 20.5. The second-order valence-electron chi connectivity index (χ2n) is 15.3. The van der Waals surface area contributed by atoms with Crippen molar-refractivity contribution in [1.29, 1.82) is 0 Å². The van der Waals surface area contributed by atoms with Gasteiger partial charge in [-0.2, -0.15) is 0 Å². The second-order valence-corrected chi connectivity index (χ2v) is 15.3. The monoisotopic (exact) mass is 588 g/mol. The number of benzene rings is 1. The number of allylic oxidation sites excluding steroid dienone is 5. The molecule has 4 fully saturated rings. The van der Waals surface area contributed by atoms with Gasteiger partial charge in [-0.3, -0.25) is 0 Å². The van der Waals surface area contributed by atoms with E-state index in [1.54, 1.807) is 6.08 Å². The molecular formula is C40H60O3. The van der Waals surface area contributed by atoms with Crippen LogP contribution in [0.5, 0.6) is 0 Å². The summed E-state index contributed by atoms with van der Waals surface area (Å²) in [4.78, 5) is 12.0. The molecule has 3 nitrogen and oxygen atoms in total. The number of aliphatic hydroxyl groups is 1. The average Bonchev–Trinajstić information content (AvgIpc) is 3.42. The number of rotatable bonds is 3. The molecular weight excluding hydrogens is 528 g/mol. The highest BCUT2D eigenvalue weighted by Crippen LogP contribution is 2.73. The first-order valence-corrected chi connectivity index (χ1v) is 17.1. The van der Waals surface area contributed by atoms with E-state index < -0.39 is 0 Å². The molecule has 0 aliphatic heterocycles. The lowest BCUT2D eigenvalue weighted by atomic mass is 9.36. The van der Waals surface area contributed by atoms with E-state index in [2.05, 4.69) is 71.6 Å². The van der Waals surface area contributed by atoms with E-state index in [0.717, 1.165) is 30.8 Å². The van der Waals surface area contributed by atoms with Crippen molar-refractivity contribution in [3.8, 4) is 0 Å². The highest BCUT2D eigenvalue weighted by molar-refractivity contribution is 5.89. The zero-order valence-electron chi connectivity index (χ0n) is 28.5. The van der Waals surface area contributed by atoms with Gasteiger partial charge < -0.3 is 9.84 Å². The molecule has 1 aromatic carbocycles. The van der Waals surface area contributed by atoms with Crippen LogP contribution in [0.1, 0.15) is 122 Å². The van der Waals surface area contributed by atoms with Gasteiger partial charge in [-0.1, -0.05) is 70.6 Å². The predicted octanol–water partition coefficient (Wildman–Crippen LogP) is 10.3. The number of fused-ring (bicyclic) bond motifs is 7. The fraction of sp³-hybridized carbons (Fsp3) is 0.675. The van der Waals surface area contributed by atoms with E-state index in [1.165, 1.54) is 82.5 Å². The summed E-state index contributed by atoms with van der Waals surface area (Å²) in [5.41, 5.74) is 4.88. The minimum Gasteiger partial charge on any atom is -0.465 e. The van der Waals surface area contributed by atoms with Gasteiger partial charge in [0, 0.05) is 7.11 Å². The van der Waals surface area contributed by atoms with E-state index >= 15 is 0 Å². The van der Waals surface area contributed by atoms with Crippen LogP contribution in [0.4, 0.5) is 0 Å². The Morgan fingerprint density at radius 2 is 1.56 bits per heavy atom. The van der Waals surface area contributed by atoms with Crippen molar-refractivity contribution in [2.45, 2.75) is 106 Å². The molecule has 5 aliphatic rings. The summed E-state index contributed by atoms with van der Waals surface area (Å²) < 4.78 is 4.93. The predicted molar refractivity (Wildman–Crippen MR) is 181 cm³/mol. The van der Waals surface area contributed by atoms with Gasteiger partial charge in [0.05, 0.1) is 12.7 Å². The van der Waals surface area contributed by atoms with E-state index in [-0.39, 0.29) is 11.4 Å². The van der Waals surface area contributed by atoms with Gasteiger partial charge >= 0.3 is 5.97 Å². The third-order valence-corrected chi connectivity index (χ3v) is 13.3. The maximum Gasteiger partial charge on any atom is 0.337 e. The molecule has 238 valence electrons. The van der Waals surface area contributed by atoms with Crippen LogP contribution in [0.2, 0.25) is 0 Å². The number of esters is 1. The normalized spacial score (nSPS) is 38.8. The Morgan fingerprint density at radius 3 is 2.19 bits per heavy atom. The molecule has 0 saturated heterocycles. The lowest BCUT2D eigenvalue weighted by Crippen LogP contribution is -2.60. The first kappa shape index (κ1) is 33.8. The molecule has 8 atom stereocenters. The minimum absolute atomic E-state index is 0.122. The number of hydrogen-bond donors (Lipinski definition) is 1. The molecule has 3 heteroatoms. The highest BCUT2D eigenvalue weighted by Gasteiger charge is 2.65. The van der Waals surface area contributed by atoms with E-state index in [4.69, 9.17) is 9.84 Å². The van der Waals surface area contributed by atoms with Crippen LogP contribution in [0.15, 0.2) is 55.1 Å². The minimum atomic E-state index is -0.258. The van der Waals surface area contributed by atoms with Crippen molar-refractivity contribution in [2.75, 3.05) is 14.2 Å². The highest BCUT2D eigenvalue weighted by atomic mass is 16.5. The third-order valence-electron chi connectivity index (χ3n) is 13.3. The number of methoxy groups -OCH3 is 1. The number of aliphatic hydroxyl groups excluding tert-OH is 1. The average molecular weight is 589 g/mol. The lowest BCUT2D eigenvalue weighted by molar-refractivity contribution is -0.174. The van der Waals surface area contributed by atoms with Crippen molar-refractivity contribution in [2.24, 2.45) is 51.2 Å². The van der Waals surface area contributed by atoms with Crippen LogP contribution in [0.3, 0.4) is 0 Å². The van der Waals surface area contributed by atoms with Crippen LogP contribution < -0.4 is 0 Å². The summed E-state index contributed by atoms with van der Waals surface area (Å²) in [6.45, 7) is 17.9. The van der Waals surface area contributed by atoms with Crippen LogP contribution in [0.25, 0.3) is 5.57 Å². The van der Waals surface area contributed by atoms with Gasteiger partial charge in [0.2, 0.25) is 0 Å². The molecule has 6 rings (SSSR count). The summed E-state index contributed by atoms with van der Waals surface area (Å²) in [6, 6.07) is 8.15. The van der Waals surface area contributed by atoms with Gasteiger partial charge in [0.1, 0.15) is 0 Å². The van der Waals surface area contributed by atoms with Gasteiger partial charge in [0.15, 0.2) is 0 Å². The summed E-state index contributed by atoms with van der Waals surface area (Å²) in [5, 5.41) is 7.00. The van der Waals surface area contributed by atoms with E-state index in [1.807, 2.05) is 19.1 Å². The Hall–Kier alpha value is -2.13. The molecule has 43 heavy (non-hydrogen) atoms. The fourth-order valence-corrected chi connectivity index (χ4v) is 11.9. The summed E-state index contributed by atoms with van der Waals surface area (Å²) in [5.74, 6) is 4.06. The van der Waals surface area contributed by atoms with Crippen LogP contribution in [-0.2, 0) is 4.74 Å². The third kappa shape index (κ3) is 5.51. The molecule has 0 heterocycles. The molecule has 5 aliphatic carbocycles. The summed E-state index contributed by atoms with van der Waals surface area (Å²) >= 11 is 0. The fourth-order valence-electron chi connectivity index (χ4n) is 11.9. The number of carbonyl (C=O) groups is 1. The van der Waals surface area contributed by atoms with Crippen molar-refractivity contribution in [3.63, 3.8) is 0 Å². The summed E-state index contributed by atoms with van der Waals surface area (Å²) in [7, 11) is 2.45. The zero-order valence-corrected chi connectivity index (χ0v) is 28.5. The summed E-state index contributed by atoms with van der Waals surface area (Å²) in [6.07, 6.45) is 23.4. The van der Waals surface area contributed by atoms with E-state index in [9.17, 15) is 4.79 Å². The molecule has 1 aromatic rings. The Labute approximate surface area is 263 Å². The van der Waals surface area contributed by atoms with Crippen molar-refractivity contribution in [1.82, 2.24) is 0 Å². The standard InChI is InChI=1S/C36H50O2.C3H6.CH4O/c1-7-19-36-20-8-9-29(36)26-14-15-31-34(4,28(26)17-23-36)22-18-30-33(2,3)27(16-21-35(30,31)5)24-10-12-25(13-11-24)32(37)38-6;1-3-2;1-2/h7,10-13,16,19,26,28-31H,8-9,14-15,17-18,20-23H2,1-6H3;3H,1H2,2H3;2H,1H3. The van der Waals surface area contributed by atoms with Gasteiger partial charge in [-0.25, -0.2) is 4.79 Å². The van der Waals surface area contributed by atoms with Crippen molar-refractivity contribution >= 4 is 11.5 Å². The van der Waals surface area contributed by atoms with Gasteiger partial charge in [0.25, 0.3) is 0 Å². The number of hydrogen-bond acceptors (Lipinski definition) is 3. The Morgan fingerprint density at radius 1 is 0.884 bits per heavy atom. The van der Waals surface area contributed by atoms with Crippen LogP contribution in [0, 0.1) is 51.2 Å². The molecule has 0 radical (unpaired) electrons. The van der Waals surface area contributed by atoms with Gasteiger partial charge in [-0.15, -0.1) is 6.58 Å². The largest absolute Gasteiger partial charge is 0.465 e. The molecule has 0 amide bonds. The molecule has 8 unspecified atom stereocenters.